The summed E-state index contributed by atoms with van der Waals surface area (Å²) in [6.07, 6.45) is 46.0. The highest BCUT2D eigenvalue weighted by atomic mass is 16.6. The maximum absolute atomic E-state index is 12.5. The van der Waals surface area contributed by atoms with E-state index in [-0.39, 0.29) is 24.1 Å². The van der Waals surface area contributed by atoms with E-state index in [0.29, 0.717) is 12.8 Å². The van der Waals surface area contributed by atoms with E-state index in [9.17, 15) is 9.59 Å². The van der Waals surface area contributed by atoms with Crippen LogP contribution in [0.4, 0.5) is 0 Å². The van der Waals surface area contributed by atoms with Crippen molar-refractivity contribution in [2.45, 2.75) is 232 Å². The van der Waals surface area contributed by atoms with Crippen molar-refractivity contribution in [3.63, 3.8) is 0 Å². The van der Waals surface area contributed by atoms with Gasteiger partial charge in [-0.3, -0.25) is 9.59 Å². The first kappa shape index (κ1) is 42.4. The highest BCUT2D eigenvalue weighted by Gasteiger charge is 2.31. The zero-order valence-corrected chi connectivity index (χ0v) is 30.7. The first-order valence-electron chi connectivity index (χ1n) is 20.4. The Bertz CT molecular complexity index is 680. The van der Waals surface area contributed by atoms with Gasteiger partial charge in [-0.1, -0.05) is 141 Å². The highest BCUT2D eigenvalue weighted by Crippen LogP contribution is 2.25. The van der Waals surface area contributed by atoms with E-state index in [1.165, 1.54) is 141 Å². The van der Waals surface area contributed by atoms with Crippen LogP contribution in [0.25, 0.3) is 0 Å². The summed E-state index contributed by atoms with van der Waals surface area (Å²) in [4.78, 5) is 25.1. The van der Waals surface area contributed by atoms with Gasteiger partial charge in [-0.25, -0.2) is 0 Å². The molecule has 0 aromatic heterocycles. The maximum Gasteiger partial charge on any atom is 0.306 e. The van der Waals surface area contributed by atoms with Gasteiger partial charge >= 0.3 is 11.9 Å². The van der Waals surface area contributed by atoms with Crippen LogP contribution in [0.3, 0.4) is 0 Å². The van der Waals surface area contributed by atoms with Crippen molar-refractivity contribution in [1.82, 2.24) is 0 Å². The van der Waals surface area contributed by atoms with E-state index in [2.05, 4.69) is 38.2 Å². The van der Waals surface area contributed by atoms with Crippen molar-refractivity contribution < 1.29 is 19.1 Å². The number of hydrogen-bond acceptors (Lipinski definition) is 4. The second-order valence-electron chi connectivity index (χ2n) is 14.0. The molecule has 0 bridgehead atoms. The van der Waals surface area contributed by atoms with Crippen LogP contribution in [0.15, 0.2) is 24.3 Å². The van der Waals surface area contributed by atoms with Crippen molar-refractivity contribution in [3.8, 4) is 0 Å². The van der Waals surface area contributed by atoms with Crippen LogP contribution >= 0.6 is 0 Å². The van der Waals surface area contributed by atoms with Crippen LogP contribution in [0, 0.1) is 0 Å². The van der Waals surface area contributed by atoms with E-state index in [0.717, 1.165) is 51.4 Å². The average molecular weight is 645 g/mol. The monoisotopic (exact) mass is 645 g/mol. The molecule has 0 saturated heterocycles. The Kier molecular flexibility index (Phi) is 30.7. The fourth-order valence-corrected chi connectivity index (χ4v) is 6.47. The Morgan fingerprint density at radius 3 is 1.04 bits per heavy atom. The summed E-state index contributed by atoms with van der Waals surface area (Å²) in [6.45, 7) is 4.54. The van der Waals surface area contributed by atoms with E-state index in [1.54, 1.807) is 0 Å². The molecule has 0 aromatic rings. The molecule has 1 rings (SSSR count). The first-order chi connectivity index (χ1) is 22.7. The number of rotatable bonds is 32. The largest absolute Gasteiger partial charge is 0.458 e. The summed E-state index contributed by atoms with van der Waals surface area (Å²) in [6, 6.07) is 0. The molecule has 1 fully saturated rings. The molecule has 1 aliphatic carbocycles. The van der Waals surface area contributed by atoms with Gasteiger partial charge in [-0.05, 0) is 89.9 Å². The molecule has 0 aliphatic heterocycles. The summed E-state index contributed by atoms with van der Waals surface area (Å²) in [5, 5.41) is 0. The van der Waals surface area contributed by atoms with Crippen LogP contribution in [0.5, 0.6) is 0 Å². The van der Waals surface area contributed by atoms with Crippen LogP contribution in [0.2, 0.25) is 0 Å². The molecule has 0 heterocycles. The standard InChI is InChI=1S/C42H76O4/c1-3-5-7-9-11-13-15-17-19-21-23-25-27-29-31-37-41(43)45-39-35-33-34-36-40(39)46-42(44)38-32-30-28-26-24-22-20-18-16-14-12-10-8-6-4-2/h17-20,39-40H,3-16,21-38H2,1-2H3/b19-17-,20-18-. The lowest BCUT2D eigenvalue weighted by molar-refractivity contribution is -0.171. The van der Waals surface area contributed by atoms with E-state index in [1.807, 2.05) is 0 Å². The Hall–Kier alpha value is -1.58. The molecular formula is C42H76O4. The van der Waals surface area contributed by atoms with E-state index >= 15 is 0 Å². The van der Waals surface area contributed by atoms with Crippen molar-refractivity contribution >= 4 is 11.9 Å². The van der Waals surface area contributed by atoms with Gasteiger partial charge < -0.3 is 9.47 Å². The topological polar surface area (TPSA) is 52.6 Å². The quantitative estimate of drug-likeness (QED) is 0.0415. The minimum absolute atomic E-state index is 0.122. The molecule has 0 aromatic carbocycles. The summed E-state index contributed by atoms with van der Waals surface area (Å²) >= 11 is 0. The summed E-state index contributed by atoms with van der Waals surface area (Å²) in [7, 11) is 0. The Morgan fingerprint density at radius 2 is 0.717 bits per heavy atom. The average Bonchev–Trinajstić information content (AvgIpc) is 3.05. The number of hydrogen-bond donors (Lipinski definition) is 0. The lowest BCUT2D eigenvalue weighted by Gasteiger charge is -2.30. The van der Waals surface area contributed by atoms with Crippen LogP contribution in [-0.4, -0.2) is 24.1 Å². The molecule has 0 radical (unpaired) electrons. The number of carbonyl (C=O) groups excluding carboxylic acids is 2. The Labute approximate surface area is 286 Å². The number of ether oxygens (including phenoxy) is 2. The van der Waals surface area contributed by atoms with Gasteiger partial charge in [-0.2, -0.15) is 0 Å². The van der Waals surface area contributed by atoms with Gasteiger partial charge in [0.05, 0.1) is 0 Å². The van der Waals surface area contributed by atoms with Gasteiger partial charge in [-0.15, -0.1) is 0 Å². The van der Waals surface area contributed by atoms with Crippen molar-refractivity contribution in [2.24, 2.45) is 0 Å². The summed E-state index contributed by atoms with van der Waals surface area (Å²) in [5.41, 5.74) is 0. The Balaban J connectivity index is 2.00. The third-order valence-corrected chi connectivity index (χ3v) is 9.49. The maximum atomic E-state index is 12.5. The lowest BCUT2D eigenvalue weighted by atomic mass is 9.94. The number of esters is 2. The molecule has 0 spiro atoms. The van der Waals surface area contributed by atoms with Crippen LogP contribution in [0.1, 0.15) is 219 Å². The van der Waals surface area contributed by atoms with Crippen LogP contribution in [-0.2, 0) is 19.1 Å². The highest BCUT2D eigenvalue weighted by molar-refractivity contribution is 5.70. The fourth-order valence-electron chi connectivity index (χ4n) is 6.47. The second kappa shape index (κ2) is 33.3. The molecule has 4 nitrogen and oxygen atoms in total. The molecule has 268 valence electrons. The van der Waals surface area contributed by atoms with Gasteiger partial charge in [0.1, 0.15) is 12.2 Å². The van der Waals surface area contributed by atoms with Crippen molar-refractivity contribution in [3.05, 3.63) is 24.3 Å². The summed E-state index contributed by atoms with van der Waals surface area (Å²) in [5.74, 6) is -0.245. The number of carbonyl (C=O) groups is 2. The van der Waals surface area contributed by atoms with Gasteiger partial charge in [0.2, 0.25) is 0 Å². The van der Waals surface area contributed by atoms with Gasteiger partial charge in [0.15, 0.2) is 0 Å². The molecule has 2 unspecified atom stereocenters. The molecule has 2 atom stereocenters. The molecule has 1 aliphatic rings. The van der Waals surface area contributed by atoms with Crippen molar-refractivity contribution in [1.29, 1.82) is 0 Å². The third kappa shape index (κ3) is 27.5. The molecule has 46 heavy (non-hydrogen) atoms. The summed E-state index contributed by atoms with van der Waals surface area (Å²) < 4.78 is 11.6. The van der Waals surface area contributed by atoms with Crippen LogP contribution < -0.4 is 0 Å². The lowest BCUT2D eigenvalue weighted by Crippen LogP contribution is -2.37. The van der Waals surface area contributed by atoms with E-state index in [4.69, 9.17) is 9.47 Å². The minimum Gasteiger partial charge on any atom is -0.458 e. The first-order valence-corrected chi connectivity index (χ1v) is 20.4. The van der Waals surface area contributed by atoms with Crippen molar-refractivity contribution in [2.75, 3.05) is 0 Å². The SMILES string of the molecule is CCCCCCCC/C=C\CCCCCCCC(=O)OC1CCCCC1OC(=O)CCCCCCC/C=C\CCCCCCCC. The zero-order chi connectivity index (χ0) is 33.2. The zero-order valence-electron chi connectivity index (χ0n) is 30.7. The number of unbranched alkanes of at least 4 members (excludes halogenated alkanes) is 22. The van der Waals surface area contributed by atoms with E-state index < -0.39 is 0 Å². The molecular weight excluding hydrogens is 568 g/mol. The van der Waals surface area contributed by atoms with Gasteiger partial charge in [0.25, 0.3) is 0 Å². The molecule has 4 heteroatoms. The fraction of sp³-hybridized carbons (Fsp3) is 0.857. The molecule has 0 N–H and O–H groups in total. The minimum atomic E-state index is -0.262. The molecule has 0 amide bonds. The predicted molar refractivity (Wildman–Crippen MR) is 197 cm³/mol. The second-order valence-corrected chi connectivity index (χ2v) is 14.0. The van der Waals surface area contributed by atoms with Gasteiger partial charge in [0, 0.05) is 12.8 Å². The third-order valence-electron chi connectivity index (χ3n) is 9.49. The normalized spacial score (nSPS) is 16.8. The smallest absolute Gasteiger partial charge is 0.306 e. The molecule has 1 saturated carbocycles. The Morgan fingerprint density at radius 1 is 0.435 bits per heavy atom. The predicted octanol–water partition coefficient (Wildman–Crippen LogP) is 13.5. The number of allylic oxidation sites excluding steroid dienone is 4.